The molecular formula is C17H25NO. The van der Waals surface area contributed by atoms with Gasteiger partial charge in [-0.3, -0.25) is 0 Å². The molecule has 19 heavy (non-hydrogen) atoms. The number of nitrogens with one attached hydrogen (secondary N) is 1. The van der Waals surface area contributed by atoms with Crippen LogP contribution in [0.2, 0.25) is 0 Å². The summed E-state index contributed by atoms with van der Waals surface area (Å²) in [5.41, 5.74) is 2.87. The third kappa shape index (κ3) is 3.01. The maximum atomic E-state index is 5.44. The highest BCUT2D eigenvalue weighted by Crippen LogP contribution is 2.38. The number of rotatable bonds is 4. The van der Waals surface area contributed by atoms with Crippen molar-refractivity contribution in [1.29, 1.82) is 0 Å². The summed E-state index contributed by atoms with van der Waals surface area (Å²) in [7, 11) is 1.84. The van der Waals surface area contributed by atoms with Crippen LogP contribution < -0.4 is 5.32 Å². The quantitative estimate of drug-likeness (QED) is 0.895. The number of benzene rings is 1. The molecule has 0 saturated heterocycles. The van der Waals surface area contributed by atoms with Gasteiger partial charge in [0.25, 0.3) is 0 Å². The van der Waals surface area contributed by atoms with E-state index in [-0.39, 0.29) is 0 Å². The molecule has 1 N–H and O–H groups in total. The average molecular weight is 259 g/mol. The third-order valence-corrected chi connectivity index (χ3v) is 4.88. The first kappa shape index (κ1) is 13.1. The van der Waals surface area contributed by atoms with E-state index in [1.807, 2.05) is 7.11 Å². The van der Waals surface area contributed by atoms with E-state index in [1.165, 1.54) is 43.2 Å². The van der Waals surface area contributed by atoms with E-state index < -0.39 is 0 Å². The van der Waals surface area contributed by atoms with Gasteiger partial charge in [0.15, 0.2) is 0 Å². The Labute approximate surface area is 116 Å². The maximum absolute atomic E-state index is 5.44. The van der Waals surface area contributed by atoms with E-state index >= 15 is 0 Å². The third-order valence-electron chi connectivity index (χ3n) is 4.88. The molecule has 0 radical (unpaired) electrons. The fourth-order valence-electron chi connectivity index (χ4n) is 3.50. The van der Waals surface area contributed by atoms with Crippen molar-refractivity contribution in [1.82, 2.24) is 5.32 Å². The second kappa shape index (κ2) is 5.64. The van der Waals surface area contributed by atoms with E-state index in [4.69, 9.17) is 4.74 Å². The Morgan fingerprint density at radius 1 is 1.00 bits per heavy atom. The van der Waals surface area contributed by atoms with E-state index in [2.05, 4.69) is 36.5 Å². The van der Waals surface area contributed by atoms with Gasteiger partial charge in [-0.15, -0.1) is 0 Å². The lowest BCUT2D eigenvalue weighted by molar-refractivity contribution is 0.105. The molecule has 2 fully saturated rings. The minimum atomic E-state index is 0.491. The lowest BCUT2D eigenvalue weighted by atomic mass is 9.75. The Balaban J connectivity index is 1.44. The van der Waals surface area contributed by atoms with Crippen molar-refractivity contribution in [3.8, 4) is 0 Å². The van der Waals surface area contributed by atoms with Gasteiger partial charge >= 0.3 is 0 Å². The van der Waals surface area contributed by atoms with Crippen molar-refractivity contribution in [2.75, 3.05) is 7.11 Å². The molecule has 0 aromatic heterocycles. The lowest BCUT2D eigenvalue weighted by Gasteiger charge is -2.38. The van der Waals surface area contributed by atoms with Gasteiger partial charge in [-0.25, -0.2) is 0 Å². The van der Waals surface area contributed by atoms with E-state index in [1.54, 1.807) is 0 Å². The van der Waals surface area contributed by atoms with E-state index in [9.17, 15) is 0 Å². The number of hydrogen-bond acceptors (Lipinski definition) is 2. The monoisotopic (exact) mass is 259 g/mol. The van der Waals surface area contributed by atoms with E-state index in [0.29, 0.717) is 12.1 Å². The van der Waals surface area contributed by atoms with Crippen LogP contribution in [0, 0.1) is 6.92 Å². The predicted octanol–water partition coefficient (Wildman–Crippen LogP) is 3.40. The Kier molecular flexibility index (Phi) is 3.90. The molecule has 2 heteroatoms. The molecule has 0 heterocycles. The van der Waals surface area contributed by atoms with Crippen molar-refractivity contribution in [2.45, 2.75) is 63.1 Å². The van der Waals surface area contributed by atoms with E-state index in [0.717, 1.165) is 12.0 Å². The molecule has 0 spiro atoms. The van der Waals surface area contributed by atoms with Crippen molar-refractivity contribution in [3.63, 3.8) is 0 Å². The molecule has 2 nitrogen and oxygen atoms in total. The van der Waals surface area contributed by atoms with Crippen LogP contribution >= 0.6 is 0 Å². The van der Waals surface area contributed by atoms with Crippen molar-refractivity contribution in [2.24, 2.45) is 0 Å². The zero-order valence-electron chi connectivity index (χ0n) is 12.1. The number of hydrogen-bond donors (Lipinski definition) is 1. The topological polar surface area (TPSA) is 21.3 Å². The molecule has 3 rings (SSSR count). The zero-order valence-corrected chi connectivity index (χ0v) is 12.1. The molecule has 2 saturated carbocycles. The second-order valence-corrected chi connectivity index (χ2v) is 6.31. The van der Waals surface area contributed by atoms with Gasteiger partial charge in [0, 0.05) is 19.2 Å². The highest BCUT2D eigenvalue weighted by Gasteiger charge is 2.33. The van der Waals surface area contributed by atoms with Gasteiger partial charge in [0.05, 0.1) is 6.10 Å². The normalized spacial score (nSPS) is 34.2. The standard InChI is InChI=1S/C17H25NO/c1-12-3-5-13(6-4-12)14-9-16(10-14)18-15-7-8-17(11-15)19-2/h3-6,14-18H,7-11H2,1-2H3. The fraction of sp³-hybridized carbons (Fsp3) is 0.647. The van der Waals surface area contributed by atoms with Gasteiger partial charge < -0.3 is 10.1 Å². The Hall–Kier alpha value is -0.860. The summed E-state index contributed by atoms with van der Waals surface area (Å²) >= 11 is 0. The lowest BCUT2D eigenvalue weighted by Crippen LogP contribution is -2.44. The largest absolute Gasteiger partial charge is 0.381 e. The van der Waals surface area contributed by atoms with Gasteiger partial charge in [-0.05, 0) is 50.5 Å². The van der Waals surface area contributed by atoms with Crippen LogP contribution in [-0.4, -0.2) is 25.3 Å². The Bertz CT molecular complexity index is 408. The van der Waals surface area contributed by atoms with Gasteiger partial charge in [-0.1, -0.05) is 29.8 Å². The van der Waals surface area contributed by atoms with Crippen molar-refractivity contribution in [3.05, 3.63) is 35.4 Å². The molecule has 2 unspecified atom stereocenters. The van der Waals surface area contributed by atoms with Crippen LogP contribution in [0.25, 0.3) is 0 Å². The summed E-state index contributed by atoms with van der Waals surface area (Å²) in [5, 5.41) is 3.81. The fourth-order valence-corrected chi connectivity index (χ4v) is 3.50. The summed E-state index contributed by atoms with van der Waals surface area (Å²) < 4.78 is 5.44. The van der Waals surface area contributed by atoms with Crippen LogP contribution in [0.5, 0.6) is 0 Å². The van der Waals surface area contributed by atoms with Crippen LogP contribution in [0.4, 0.5) is 0 Å². The molecule has 2 aliphatic carbocycles. The molecule has 104 valence electrons. The molecule has 0 bridgehead atoms. The first-order chi connectivity index (χ1) is 9.24. The smallest absolute Gasteiger partial charge is 0.0586 e. The summed E-state index contributed by atoms with van der Waals surface area (Å²) in [6.07, 6.45) is 6.80. The summed E-state index contributed by atoms with van der Waals surface area (Å²) in [6, 6.07) is 10.5. The van der Waals surface area contributed by atoms with Crippen LogP contribution in [-0.2, 0) is 4.74 Å². The minimum Gasteiger partial charge on any atom is -0.381 e. The molecule has 2 atom stereocenters. The Morgan fingerprint density at radius 3 is 2.37 bits per heavy atom. The highest BCUT2D eigenvalue weighted by molar-refractivity contribution is 5.26. The van der Waals surface area contributed by atoms with Crippen LogP contribution in [0.1, 0.15) is 49.1 Å². The van der Waals surface area contributed by atoms with Crippen molar-refractivity contribution < 1.29 is 4.74 Å². The molecule has 1 aromatic rings. The number of methoxy groups -OCH3 is 1. The second-order valence-electron chi connectivity index (χ2n) is 6.31. The highest BCUT2D eigenvalue weighted by atomic mass is 16.5. The molecular weight excluding hydrogens is 234 g/mol. The first-order valence-corrected chi connectivity index (χ1v) is 7.60. The minimum absolute atomic E-state index is 0.491. The molecule has 0 amide bonds. The van der Waals surface area contributed by atoms with Crippen LogP contribution in [0.3, 0.4) is 0 Å². The summed E-state index contributed by atoms with van der Waals surface area (Å²) in [5.74, 6) is 0.776. The Morgan fingerprint density at radius 2 is 1.74 bits per heavy atom. The summed E-state index contributed by atoms with van der Waals surface area (Å²) in [6.45, 7) is 2.15. The van der Waals surface area contributed by atoms with Gasteiger partial charge in [0.1, 0.15) is 0 Å². The maximum Gasteiger partial charge on any atom is 0.0586 e. The van der Waals surface area contributed by atoms with Gasteiger partial charge in [0.2, 0.25) is 0 Å². The molecule has 1 aromatic carbocycles. The van der Waals surface area contributed by atoms with Crippen molar-refractivity contribution >= 4 is 0 Å². The summed E-state index contributed by atoms with van der Waals surface area (Å²) in [4.78, 5) is 0. The average Bonchev–Trinajstić information content (AvgIpc) is 2.82. The van der Waals surface area contributed by atoms with Crippen LogP contribution in [0.15, 0.2) is 24.3 Å². The predicted molar refractivity (Wildman–Crippen MR) is 78.5 cm³/mol. The zero-order chi connectivity index (χ0) is 13.2. The number of aryl methyl sites for hydroxylation is 1. The number of ether oxygens (including phenoxy) is 1. The molecule has 0 aliphatic heterocycles. The first-order valence-electron chi connectivity index (χ1n) is 7.60. The SMILES string of the molecule is COC1CCC(NC2CC(c3ccc(C)cc3)C2)C1. The van der Waals surface area contributed by atoms with Gasteiger partial charge in [-0.2, -0.15) is 0 Å². The molecule has 2 aliphatic rings.